The van der Waals surface area contributed by atoms with Gasteiger partial charge in [-0.05, 0) is 96.3 Å². The van der Waals surface area contributed by atoms with Crippen molar-refractivity contribution in [2.75, 3.05) is 13.2 Å². The van der Waals surface area contributed by atoms with Gasteiger partial charge in [-0.25, -0.2) is 0 Å². The van der Waals surface area contributed by atoms with E-state index in [1.807, 2.05) is 0 Å². The molecule has 3 saturated heterocycles. The summed E-state index contributed by atoms with van der Waals surface area (Å²) in [4.78, 5) is 38.2. The molecule has 0 unspecified atom stereocenters. The third-order valence-electron chi connectivity index (χ3n) is 13.4. The maximum atomic E-state index is 12.9. The molecule has 0 aromatic rings. The number of esters is 3. The van der Waals surface area contributed by atoms with Gasteiger partial charge in [0.2, 0.25) is 0 Å². The van der Waals surface area contributed by atoms with Crippen LogP contribution in [0, 0.1) is 0 Å². The third kappa shape index (κ3) is 32.3. The number of hydrogen-bond donors (Lipinski definition) is 0. The Hall–Kier alpha value is -2.49. The first-order chi connectivity index (χ1) is 32.4. The van der Waals surface area contributed by atoms with Gasteiger partial charge in [0.05, 0.1) is 36.6 Å². The summed E-state index contributed by atoms with van der Waals surface area (Å²) in [7, 11) is 0. The highest BCUT2D eigenvalue weighted by Gasteiger charge is 2.37. The van der Waals surface area contributed by atoms with Crippen molar-refractivity contribution in [1.29, 1.82) is 0 Å². The molecule has 3 rings (SSSR count). The van der Waals surface area contributed by atoms with E-state index in [1.165, 1.54) is 77.0 Å². The van der Waals surface area contributed by atoms with E-state index in [0.29, 0.717) is 55.9 Å². The largest absolute Gasteiger partial charge is 0.462 e. The van der Waals surface area contributed by atoms with Crippen LogP contribution in [0.3, 0.4) is 0 Å². The lowest BCUT2D eigenvalue weighted by atomic mass is 10.1. The van der Waals surface area contributed by atoms with Crippen molar-refractivity contribution in [1.82, 2.24) is 0 Å². The molecule has 6 atom stereocenters. The predicted molar refractivity (Wildman–Crippen MR) is 268 cm³/mol. The Morgan fingerprint density at radius 1 is 0.379 bits per heavy atom. The Bertz CT molecular complexity index is 1240. The SMILES string of the molecule is CCCCC[C@H]1O[C@H]1C/C=C\CCCCCCCC(=O)OCC(COC(=O)CCCCCCC/C=C\C[C@@H]1O[C@@H]1CCCCC)OC(=O)CCCCCCC/C=C\C[C@@H]1O[C@@H]1CCCCC. The lowest BCUT2D eigenvalue weighted by Gasteiger charge is -2.18. The van der Waals surface area contributed by atoms with Gasteiger partial charge in [0.25, 0.3) is 0 Å². The van der Waals surface area contributed by atoms with Gasteiger partial charge in [-0.2, -0.15) is 0 Å². The first-order valence-corrected chi connectivity index (χ1v) is 27.8. The highest BCUT2D eigenvalue weighted by molar-refractivity contribution is 5.71. The topological polar surface area (TPSA) is 116 Å². The fourth-order valence-electron chi connectivity index (χ4n) is 8.82. The Morgan fingerprint density at radius 2 is 0.697 bits per heavy atom. The number of allylic oxidation sites excluding steroid dienone is 3. The summed E-state index contributed by atoms with van der Waals surface area (Å²) in [6.07, 6.45) is 53.4. The molecule has 0 amide bonds. The minimum atomic E-state index is -0.803. The van der Waals surface area contributed by atoms with E-state index in [2.05, 4.69) is 57.2 Å². The molecule has 0 N–H and O–H groups in total. The van der Waals surface area contributed by atoms with E-state index in [-0.39, 0.29) is 31.1 Å². The Labute approximate surface area is 403 Å². The molecule has 3 aliphatic rings. The molecule has 0 radical (unpaired) electrons. The van der Waals surface area contributed by atoms with Gasteiger partial charge in [-0.1, -0.05) is 173 Å². The van der Waals surface area contributed by atoms with Crippen LogP contribution in [-0.2, 0) is 42.8 Å². The van der Waals surface area contributed by atoms with Gasteiger partial charge in [-0.15, -0.1) is 0 Å². The molecule has 3 fully saturated rings. The number of unbranched alkanes of at least 4 members (excludes halogenated alkanes) is 21. The van der Waals surface area contributed by atoms with E-state index < -0.39 is 6.10 Å². The van der Waals surface area contributed by atoms with E-state index in [9.17, 15) is 14.4 Å². The van der Waals surface area contributed by atoms with E-state index in [1.54, 1.807) is 0 Å². The lowest BCUT2D eigenvalue weighted by Crippen LogP contribution is -2.30. The number of hydrogen-bond acceptors (Lipinski definition) is 9. The summed E-state index contributed by atoms with van der Waals surface area (Å²) < 4.78 is 34.2. The van der Waals surface area contributed by atoms with Crippen molar-refractivity contribution in [3.8, 4) is 0 Å². The second kappa shape index (κ2) is 39.4. The Balaban J connectivity index is 1.22. The highest BCUT2D eigenvalue weighted by Crippen LogP contribution is 2.32. The van der Waals surface area contributed by atoms with Crippen molar-refractivity contribution in [2.24, 2.45) is 0 Å². The molecule has 0 bridgehead atoms. The lowest BCUT2D eigenvalue weighted by molar-refractivity contribution is -0.167. The normalized spacial score (nSPS) is 21.1. The van der Waals surface area contributed by atoms with Gasteiger partial charge >= 0.3 is 17.9 Å². The summed E-state index contributed by atoms with van der Waals surface area (Å²) in [5.74, 6) is -0.946. The molecular formula is C57H98O9. The molecular weight excluding hydrogens is 829 g/mol. The number of rotatable bonds is 47. The standard InChI is InChI=1S/C57H98O9/c1-4-7-28-37-49-52(64-49)40-31-22-16-10-13-19-25-34-43-55(58)61-46-48(63-57(60)45-36-27-21-15-12-18-24-33-42-54-51(66-54)39-30-9-6-3)47-62-56(59)44-35-26-20-14-11-17-23-32-41-53-50(65-53)38-29-8-5-2/h22-24,31-33,48-54H,4-21,25-30,34-47H2,1-3H3/b31-22-,32-23-,33-24-/t49-,50-,51-,52+,53+,54+/m1/s1. The molecule has 0 saturated carbocycles. The van der Waals surface area contributed by atoms with Crippen LogP contribution in [0.4, 0.5) is 0 Å². The van der Waals surface area contributed by atoms with Crippen LogP contribution in [0.5, 0.6) is 0 Å². The zero-order valence-corrected chi connectivity index (χ0v) is 42.5. The van der Waals surface area contributed by atoms with Crippen LogP contribution >= 0.6 is 0 Å². The number of ether oxygens (including phenoxy) is 6. The first kappa shape index (κ1) is 57.8. The average Bonchev–Trinajstić information content (AvgIpc) is 4.26. The quantitative estimate of drug-likeness (QED) is 0.0193. The van der Waals surface area contributed by atoms with E-state index in [0.717, 1.165) is 135 Å². The molecule has 9 nitrogen and oxygen atoms in total. The molecule has 380 valence electrons. The van der Waals surface area contributed by atoms with Crippen LogP contribution in [-0.4, -0.2) is 73.8 Å². The maximum absolute atomic E-state index is 12.9. The number of carbonyl (C=O) groups excluding carboxylic acids is 3. The minimum absolute atomic E-state index is 0.100. The Morgan fingerprint density at radius 3 is 1.05 bits per heavy atom. The number of epoxide rings is 3. The summed E-state index contributed by atoms with van der Waals surface area (Å²) in [6, 6.07) is 0. The smallest absolute Gasteiger partial charge is 0.306 e. The van der Waals surface area contributed by atoms with Crippen LogP contribution in [0.1, 0.15) is 252 Å². The summed E-state index contributed by atoms with van der Waals surface area (Å²) >= 11 is 0. The first-order valence-electron chi connectivity index (χ1n) is 27.8. The van der Waals surface area contributed by atoms with Crippen molar-refractivity contribution in [2.45, 2.75) is 295 Å². The molecule has 3 heterocycles. The fourth-order valence-corrected chi connectivity index (χ4v) is 8.82. The monoisotopic (exact) mass is 927 g/mol. The summed E-state index contributed by atoms with van der Waals surface area (Å²) in [5.41, 5.74) is 0. The zero-order valence-electron chi connectivity index (χ0n) is 42.5. The van der Waals surface area contributed by atoms with Crippen molar-refractivity contribution in [3.05, 3.63) is 36.5 Å². The fraction of sp³-hybridized carbons (Fsp3) is 0.842. The maximum Gasteiger partial charge on any atom is 0.306 e. The van der Waals surface area contributed by atoms with Gasteiger partial charge in [0, 0.05) is 19.3 Å². The molecule has 0 aliphatic carbocycles. The van der Waals surface area contributed by atoms with Crippen molar-refractivity contribution >= 4 is 17.9 Å². The van der Waals surface area contributed by atoms with Gasteiger partial charge in [-0.3, -0.25) is 14.4 Å². The van der Waals surface area contributed by atoms with E-state index in [4.69, 9.17) is 28.4 Å². The molecule has 3 aliphatic heterocycles. The van der Waals surface area contributed by atoms with E-state index >= 15 is 0 Å². The highest BCUT2D eigenvalue weighted by atomic mass is 16.6. The molecule has 0 aromatic heterocycles. The second-order valence-electron chi connectivity index (χ2n) is 19.6. The van der Waals surface area contributed by atoms with Crippen LogP contribution in [0.25, 0.3) is 0 Å². The van der Waals surface area contributed by atoms with Crippen LogP contribution in [0.15, 0.2) is 36.5 Å². The summed E-state index contributed by atoms with van der Waals surface area (Å²) in [6.45, 7) is 6.51. The van der Waals surface area contributed by atoms with Crippen LogP contribution < -0.4 is 0 Å². The van der Waals surface area contributed by atoms with Gasteiger partial charge in [0.1, 0.15) is 13.2 Å². The van der Waals surface area contributed by atoms with Crippen LogP contribution in [0.2, 0.25) is 0 Å². The van der Waals surface area contributed by atoms with Crippen molar-refractivity contribution in [3.63, 3.8) is 0 Å². The average molecular weight is 927 g/mol. The van der Waals surface area contributed by atoms with Crippen molar-refractivity contribution < 1.29 is 42.8 Å². The van der Waals surface area contributed by atoms with Gasteiger partial charge < -0.3 is 28.4 Å². The molecule has 66 heavy (non-hydrogen) atoms. The van der Waals surface area contributed by atoms with Gasteiger partial charge in [0.15, 0.2) is 6.10 Å². The second-order valence-corrected chi connectivity index (χ2v) is 19.6. The summed E-state index contributed by atoms with van der Waals surface area (Å²) in [5, 5.41) is 0. The molecule has 0 aromatic carbocycles. The third-order valence-corrected chi connectivity index (χ3v) is 13.4. The Kier molecular flexibility index (Phi) is 34.5. The molecule has 9 heteroatoms. The zero-order chi connectivity index (χ0) is 47.1. The molecule has 0 spiro atoms. The minimum Gasteiger partial charge on any atom is -0.462 e. The predicted octanol–water partition coefficient (Wildman–Crippen LogP) is 15.1. The number of carbonyl (C=O) groups is 3.